The van der Waals surface area contributed by atoms with Crippen molar-refractivity contribution < 1.29 is 14.3 Å². The van der Waals surface area contributed by atoms with Gasteiger partial charge in [-0.1, -0.05) is 35.9 Å². The van der Waals surface area contributed by atoms with E-state index >= 15 is 0 Å². The smallest absolute Gasteiger partial charge is 0.253 e. The normalized spacial score (nSPS) is 11.6. The van der Waals surface area contributed by atoms with Gasteiger partial charge in [0.05, 0.1) is 6.42 Å². The number of methoxy groups -OCH3 is 1. The summed E-state index contributed by atoms with van der Waals surface area (Å²) >= 11 is 0. The van der Waals surface area contributed by atoms with Crippen LogP contribution in [0.1, 0.15) is 18.1 Å². The fourth-order valence-electron chi connectivity index (χ4n) is 2.12. The van der Waals surface area contributed by atoms with Crippen molar-refractivity contribution in [2.45, 2.75) is 26.4 Å². The van der Waals surface area contributed by atoms with E-state index in [1.165, 1.54) is 7.11 Å². The molecule has 0 fully saturated rings. The van der Waals surface area contributed by atoms with Crippen molar-refractivity contribution in [3.63, 3.8) is 0 Å². The highest BCUT2D eigenvalue weighted by atomic mass is 16.5. The molecule has 126 valence electrons. The number of hydrogen-bond donors (Lipinski definition) is 2. The van der Waals surface area contributed by atoms with Crippen LogP contribution >= 0.6 is 0 Å². The second-order valence-electron chi connectivity index (χ2n) is 5.66. The van der Waals surface area contributed by atoms with Crippen molar-refractivity contribution in [2.75, 3.05) is 17.7 Å². The Kier molecular flexibility index (Phi) is 6.09. The molecule has 5 nitrogen and oxygen atoms in total. The Bertz CT molecular complexity index is 711. The molecule has 5 heteroatoms. The van der Waals surface area contributed by atoms with Gasteiger partial charge in [0.2, 0.25) is 5.91 Å². The fourth-order valence-corrected chi connectivity index (χ4v) is 2.12. The Labute approximate surface area is 142 Å². The average molecular weight is 326 g/mol. The van der Waals surface area contributed by atoms with E-state index < -0.39 is 6.10 Å². The lowest BCUT2D eigenvalue weighted by atomic mass is 10.1. The van der Waals surface area contributed by atoms with Crippen LogP contribution in [0, 0.1) is 6.92 Å². The van der Waals surface area contributed by atoms with Gasteiger partial charge in [-0.15, -0.1) is 0 Å². The molecule has 0 aliphatic heterocycles. The average Bonchev–Trinajstić information content (AvgIpc) is 2.56. The van der Waals surface area contributed by atoms with Crippen molar-refractivity contribution >= 4 is 23.2 Å². The van der Waals surface area contributed by atoms with Crippen LogP contribution < -0.4 is 10.6 Å². The number of benzene rings is 2. The first-order valence-corrected chi connectivity index (χ1v) is 7.77. The molecule has 0 spiro atoms. The van der Waals surface area contributed by atoms with Gasteiger partial charge in [0.25, 0.3) is 5.91 Å². The molecule has 0 aliphatic carbocycles. The molecule has 0 aromatic heterocycles. The van der Waals surface area contributed by atoms with Gasteiger partial charge in [0.15, 0.2) is 0 Å². The number of carbonyl (C=O) groups is 2. The summed E-state index contributed by atoms with van der Waals surface area (Å²) < 4.78 is 4.97. The summed E-state index contributed by atoms with van der Waals surface area (Å²) in [6.45, 7) is 3.68. The second-order valence-corrected chi connectivity index (χ2v) is 5.66. The van der Waals surface area contributed by atoms with Gasteiger partial charge < -0.3 is 15.4 Å². The third-order valence-corrected chi connectivity index (χ3v) is 3.62. The predicted octanol–water partition coefficient (Wildman–Crippen LogP) is 3.15. The summed E-state index contributed by atoms with van der Waals surface area (Å²) in [4.78, 5) is 24.0. The Morgan fingerprint density at radius 1 is 1.04 bits per heavy atom. The lowest BCUT2D eigenvalue weighted by Gasteiger charge is -2.12. The molecule has 2 aromatic rings. The molecule has 0 saturated carbocycles. The summed E-state index contributed by atoms with van der Waals surface area (Å²) in [5, 5.41) is 5.59. The van der Waals surface area contributed by atoms with Gasteiger partial charge in [-0.3, -0.25) is 9.59 Å². The number of carbonyl (C=O) groups excluding carboxylic acids is 2. The molecule has 2 amide bonds. The molecular weight excluding hydrogens is 304 g/mol. The number of hydrogen-bond acceptors (Lipinski definition) is 3. The third kappa shape index (κ3) is 5.21. The molecule has 0 aliphatic rings. The highest BCUT2D eigenvalue weighted by Gasteiger charge is 2.12. The molecule has 24 heavy (non-hydrogen) atoms. The van der Waals surface area contributed by atoms with Crippen LogP contribution in [-0.4, -0.2) is 25.0 Å². The molecule has 0 radical (unpaired) electrons. The van der Waals surface area contributed by atoms with Crippen molar-refractivity contribution in [1.29, 1.82) is 0 Å². The summed E-state index contributed by atoms with van der Waals surface area (Å²) in [5.41, 5.74) is 3.36. The minimum atomic E-state index is -0.537. The topological polar surface area (TPSA) is 67.4 Å². The van der Waals surface area contributed by atoms with E-state index in [4.69, 9.17) is 4.74 Å². The van der Waals surface area contributed by atoms with Crippen LogP contribution in [-0.2, 0) is 20.7 Å². The minimum absolute atomic E-state index is 0.104. The van der Waals surface area contributed by atoms with Crippen LogP contribution in [0.15, 0.2) is 48.5 Å². The van der Waals surface area contributed by atoms with Gasteiger partial charge in [0, 0.05) is 18.5 Å². The van der Waals surface area contributed by atoms with E-state index in [9.17, 15) is 9.59 Å². The van der Waals surface area contributed by atoms with E-state index in [2.05, 4.69) is 10.6 Å². The predicted molar refractivity (Wildman–Crippen MR) is 95.1 cm³/mol. The van der Waals surface area contributed by atoms with Gasteiger partial charge in [-0.2, -0.15) is 0 Å². The van der Waals surface area contributed by atoms with Crippen LogP contribution in [0.25, 0.3) is 0 Å². The molecule has 0 heterocycles. The maximum atomic E-state index is 12.1. The van der Waals surface area contributed by atoms with Crippen molar-refractivity contribution in [3.8, 4) is 0 Å². The van der Waals surface area contributed by atoms with Crippen molar-refractivity contribution in [3.05, 3.63) is 59.7 Å². The van der Waals surface area contributed by atoms with E-state index in [1.807, 2.05) is 31.2 Å². The summed E-state index contributed by atoms with van der Waals surface area (Å²) in [6, 6.07) is 14.9. The molecule has 0 saturated heterocycles. The lowest BCUT2D eigenvalue weighted by Crippen LogP contribution is -2.26. The van der Waals surface area contributed by atoms with Crippen LogP contribution in [0.2, 0.25) is 0 Å². The van der Waals surface area contributed by atoms with Gasteiger partial charge in [-0.25, -0.2) is 0 Å². The summed E-state index contributed by atoms with van der Waals surface area (Å²) in [7, 11) is 1.48. The van der Waals surface area contributed by atoms with Gasteiger partial charge in [0.1, 0.15) is 6.10 Å². The standard InChI is InChI=1S/C19H22N2O3/c1-13-7-9-15(10-8-13)11-18(22)20-16-5-4-6-17(12-16)21-19(23)14(2)24-3/h4-10,12,14H,11H2,1-3H3,(H,20,22)(H,21,23)/t14-/m1/s1. The largest absolute Gasteiger partial charge is 0.372 e. The van der Waals surface area contributed by atoms with E-state index in [1.54, 1.807) is 31.2 Å². The first-order chi connectivity index (χ1) is 11.5. The Morgan fingerprint density at radius 2 is 1.67 bits per heavy atom. The zero-order valence-corrected chi connectivity index (χ0v) is 14.1. The SMILES string of the molecule is CO[C@H](C)C(=O)Nc1cccc(NC(=O)Cc2ccc(C)cc2)c1. The van der Waals surface area contributed by atoms with Gasteiger partial charge in [-0.05, 0) is 37.6 Å². The zero-order chi connectivity index (χ0) is 17.5. The van der Waals surface area contributed by atoms with E-state index in [0.717, 1.165) is 11.1 Å². The quantitative estimate of drug-likeness (QED) is 0.857. The third-order valence-electron chi connectivity index (χ3n) is 3.62. The Morgan fingerprint density at radius 3 is 2.29 bits per heavy atom. The van der Waals surface area contributed by atoms with E-state index in [0.29, 0.717) is 17.8 Å². The monoisotopic (exact) mass is 326 g/mol. The molecule has 0 bridgehead atoms. The molecule has 2 aromatic carbocycles. The second kappa shape index (κ2) is 8.26. The van der Waals surface area contributed by atoms with E-state index in [-0.39, 0.29) is 11.8 Å². The molecule has 1 atom stereocenters. The van der Waals surface area contributed by atoms with Crippen LogP contribution in [0.3, 0.4) is 0 Å². The lowest BCUT2D eigenvalue weighted by molar-refractivity contribution is -0.124. The highest BCUT2D eigenvalue weighted by molar-refractivity contribution is 5.96. The van der Waals surface area contributed by atoms with Crippen molar-refractivity contribution in [2.24, 2.45) is 0 Å². The van der Waals surface area contributed by atoms with Crippen molar-refractivity contribution in [1.82, 2.24) is 0 Å². The first-order valence-electron chi connectivity index (χ1n) is 7.77. The number of ether oxygens (including phenoxy) is 1. The number of anilines is 2. The summed E-state index contributed by atoms with van der Waals surface area (Å²) in [5.74, 6) is -0.340. The molecule has 2 rings (SSSR count). The number of nitrogens with one attached hydrogen (secondary N) is 2. The molecular formula is C19H22N2O3. The number of rotatable bonds is 6. The maximum absolute atomic E-state index is 12.1. The molecule has 2 N–H and O–H groups in total. The number of amides is 2. The highest BCUT2D eigenvalue weighted by Crippen LogP contribution is 2.16. The van der Waals surface area contributed by atoms with Gasteiger partial charge >= 0.3 is 0 Å². The molecule has 0 unspecified atom stereocenters. The maximum Gasteiger partial charge on any atom is 0.253 e. The Hall–Kier alpha value is -2.66. The first kappa shape index (κ1) is 17.7. The fraction of sp³-hybridized carbons (Fsp3) is 0.263. The Balaban J connectivity index is 1.97. The van der Waals surface area contributed by atoms with Crippen LogP contribution in [0.4, 0.5) is 11.4 Å². The minimum Gasteiger partial charge on any atom is -0.372 e. The zero-order valence-electron chi connectivity index (χ0n) is 14.1. The summed E-state index contributed by atoms with van der Waals surface area (Å²) in [6.07, 6.45) is -0.234. The number of aryl methyl sites for hydroxylation is 1. The van der Waals surface area contributed by atoms with Crippen LogP contribution in [0.5, 0.6) is 0 Å².